The van der Waals surface area contributed by atoms with Crippen molar-refractivity contribution in [2.75, 3.05) is 14.2 Å². The van der Waals surface area contributed by atoms with Crippen molar-refractivity contribution in [2.45, 2.75) is 31.6 Å². The van der Waals surface area contributed by atoms with Crippen LogP contribution in [0.15, 0.2) is 6.07 Å². The molecule has 1 fully saturated rings. The van der Waals surface area contributed by atoms with Crippen molar-refractivity contribution in [2.24, 2.45) is 0 Å². The summed E-state index contributed by atoms with van der Waals surface area (Å²) in [7, 11) is 3.03. The van der Waals surface area contributed by atoms with Crippen molar-refractivity contribution in [3.8, 4) is 11.5 Å². The van der Waals surface area contributed by atoms with Gasteiger partial charge in [-0.2, -0.15) is 0 Å². The van der Waals surface area contributed by atoms with Gasteiger partial charge in [0.1, 0.15) is 16.5 Å². The lowest BCUT2D eigenvalue weighted by molar-refractivity contribution is -0.147. The van der Waals surface area contributed by atoms with E-state index in [1.807, 2.05) is 13.0 Å². The van der Waals surface area contributed by atoms with Crippen LogP contribution in [-0.2, 0) is 10.2 Å². The van der Waals surface area contributed by atoms with Gasteiger partial charge in [-0.3, -0.25) is 4.79 Å². The summed E-state index contributed by atoms with van der Waals surface area (Å²) in [6.45, 7) is 1.85. The second-order valence-electron chi connectivity index (χ2n) is 4.86. The van der Waals surface area contributed by atoms with Crippen molar-refractivity contribution >= 4 is 17.6 Å². The zero-order valence-electron chi connectivity index (χ0n) is 11.2. The Labute approximate surface area is 117 Å². The van der Waals surface area contributed by atoms with Crippen molar-refractivity contribution < 1.29 is 19.4 Å². The molecule has 4 nitrogen and oxygen atoms in total. The van der Waals surface area contributed by atoms with Gasteiger partial charge in [-0.05, 0) is 31.4 Å². The average molecular weight is 285 g/mol. The van der Waals surface area contributed by atoms with Gasteiger partial charge in [0.25, 0.3) is 0 Å². The summed E-state index contributed by atoms with van der Waals surface area (Å²) in [4.78, 5) is 11.6. The second kappa shape index (κ2) is 4.93. The maximum absolute atomic E-state index is 11.6. The van der Waals surface area contributed by atoms with Crippen LogP contribution in [0, 0.1) is 6.92 Å². The SMILES string of the molecule is COc1c(C)cc(C2(C(=O)O)CCC2)c(OC)c1Cl. The zero-order chi connectivity index (χ0) is 14.2. The molecule has 5 heteroatoms. The van der Waals surface area contributed by atoms with E-state index >= 15 is 0 Å². The Morgan fingerprint density at radius 1 is 1.32 bits per heavy atom. The number of hydrogen-bond acceptors (Lipinski definition) is 3. The molecule has 1 aliphatic rings. The van der Waals surface area contributed by atoms with Gasteiger partial charge >= 0.3 is 5.97 Å². The minimum Gasteiger partial charge on any atom is -0.495 e. The number of rotatable bonds is 4. The molecule has 0 amide bonds. The third kappa shape index (κ3) is 1.94. The fourth-order valence-electron chi connectivity index (χ4n) is 2.68. The number of aliphatic carboxylic acids is 1. The van der Waals surface area contributed by atoms with Gasteiger partial charge in [0.2, 0.25) is 0 Å². The van der Waals surface area contributed by atoms with Gasteiger partial charge in [0.05, 0.1) is 19.6 Å². The zero-order valence-corrected chi connectivity index (χ0v) is 12.0. The summed E-state index contributed by atoms with van der Waals surface area (Å²) >= 11 is 6.27. The number of hydrogen-bond donors (Lipinski definition) is 1. The van der Waals surface area contributed by atoms with Crippen LogP contribution in [0.3, 0.4) is 0 Å². The Hall–Kier alpha value is -1.42. The smallest absolute Gasteiger partial charge is 0.314 e. The summed E-state index contributed by atoms with van der Waals surface area (Å²) in [5.74, 6) is 0.117. The van der Waals surface area contributed by atoms with E-state index < -0.39 is 11.4 Å². The first kappa shape index (κ1) is 14.0. The van der Waals surface area contributed by atoms with Crippen molar-refractivity contribution in [1.82, 2.24) is 0 Å². The van der Waals surface area contributed by atoms with Crippen molar-refractivity contribution in [3.63, 3.8) is 0 Å². The highest BCUT2D eigenvalue weighted by atomic mass is 35.5. The third-order valence-electron chi connectivity index (χ3n) is 3.90. The van der Waals surface area contributed by atoms with Gasteiger partial charge in [0.15, 0.2) is 0 Å². The summed E-state index contributed by atoms with van der Waals surface area (Å²) in [5, 5.41) is 9.88. The maximum Gasteiger partial charge on any atom is 0.314 e. The maximum atomic E-state index is 11.6. The molecule has 104 valence electrons. The molecule has 0 atom stereocenters. The number of benzene rings is 1. The first-order chi connectivity index (χ1) is 8.97. The molecular weight excluding hydrogens is 268 g/mol. The molecule has 0 heterocycles. The molecule has 1 aromatic carbocycles. The van der Waals surface area contributed by atoms with Crippen LogP contribution in [0.5, 0.6) is 11.5 Å². The Kier molecular flexibility index (Phi) is 3.63. The Morgan fingerprint density at radius 3 is 2.26 bits per heavy atom. The highest BCUT2D eigenvalue weighted by Crippen LogP contribution is 2.51. The molecule has 2 rings (SSSR count). The van der Waals surface area contributed by atoms with Gasteiger partial charge in [-0.15, -0.1) is 0 Å². The van der Waals surface area contributed by atoms with Crippen LogP contribution < -0.4 is 9.47 Å². The summed E-state index contributed by atoms with van der Waals surface area (Å²) < 4.78 is 10.6. The predicted octanol–water partition coefficient (Wildman–Crippen LogP) is 3.17. The molecule has 0 bridgehead atoms. The van der Waals surface area contributed by atoms with E-state index in [-0.39, 0.29) is 0 Å². The van der Waals surface area contributed by atoms with Gasteiger partial charge in [0, 0.05) is 5.56 Å². The molecule has 19 heavy (non-hydrogen) atoms. The minimum absolute atomic E-state index is 0.340. The Balaban J connectivity index is 2.67. The molecular formula is C14H17ClO4. The van der Waals surface area contributed by atoms with Gasteiger partial charge in [-0.25, -0.2) is 0 Å². The number of ether oxygens (including phenoxy) is 2. The third-order valence-corrected chi connectivity index (χ3v) is 4.25. The molecule has 0 spiro atoms. The lowest BCUT2D eigenvalue weighted by Gasteiger charge is -2.39. The quantitative estimate of drug-likeness (QED) is 0.923. The topological polar surface area (TPSA) is 55.8 Å². The van der Waals surface area contributed by atoms with Gasteiger partial charge in [-0.1, -0.05) is 18.0 Å². The largest absolute Gasteiger partial charge is 0.495 e. The average Bonchev–Trinajstić information content (AvgIpc) is 2.27. The Morgan fingerprint density at radius 2 is 1.89 bits per heavy atom. The highest BCUT2D eigenvalue weighted by Gasteiger charge is 2.48. The molecule has 0 saturated heterocycles. The van der Waals surface area contributed by atoms with Crippen LogP contribution in [0.4, 0.5) is 0 Å². The molecule has 0 unspecified atom stereocenters. The molecule has 1 aromatic rings. The van der Waals surface area contributed by atoms with E-state index in [0.29, 0.717) is 34.9 Å². The Bertz CT molecular complexity index is 521. The van der Waals surface area contributed by atoms with Crippen LogP contribution in [0.1, 0.15) is 30.4 Å². The monoisotopic (exact) mass is 284 g/mol. The number of carboxylic acid groups (broad SMARTS) is 1. The number of carbonyl (C=O) groups is 1. The van der Waals surface area contributed by atoms with Crippen LogP contribution in [-0.4, -0.2) is 25.3 Å². The minimum atomic E-state index is -0.869. The number of halogens is 1. The van der Waals surface area contributed by atoms with Crippen molar-refractivity contribution in [3.05, 3.63) is 22.2 Å². The summed E-state index contributed by atoms with van der Waals surface area (Å²) in [5.41, 5.74) is 0.597. The fraction of sp³-hybridized carbons (Fsp3) is 0.500. The van der Waals surface area contributed by atoms with Crippen molar-refractivity contribution in [1.29, 1.82) is 0 Å². The van der Waals surface area contributed by atoms with E-state index in [1.165, 1.54) is 14.2 Å². The predicted molar refractivity (Wildman–Crippen MR) is 72.5 cm³/mol. The molecule has 0 aliphatic heterocycles. The molecule has 0 aromatic heterocycles. The first-order valence-electron chi connectivity index (χ1n) is 6.13. The standard InChI is InChI=1S/C14H17ClO4/c1-8-7-9(14(13(16)17)5-4-6-14)12(19-3)10(15)11(8)18-2/h7H,4-6H2,1-3H3,(H,16,17). The molecule has 1 N–H and O–H groups in total. The van der Waals surface area contributed by atoms with E-state index in [4.69, 9.17) is 21.1 Å². The van der Waals surface area contributed by atoms with Crippen LogP contribution in [0.2, 0.25) is 5.02 Å². The number of carboxylic acids is 1. The normalized spacial score (nSPS) is 16.6. The molecule has 0 radical (unpaired) electrons. The molecule has 1 aliphatic carbocycles. The fourth-order valence-corrected chi connectivity index (χ4v) is 3.08. The highest BCUT2D eigenvalue weighted by molar-refractivity contribution is 6.34. The second-order valence-corrected chi connectivity index (χ2v) is 5.24. The van der Waals surface area contributed by atoms with E-state index in [9.17, 15) is 9.90 Å². The lowest BCUT2D eigenvalue weighted by atomic mass is 9.64. The van der Waals surface area contributed by atoms with E-state index in [1.54, 1.807) is 0 Å². The van der Waals surface area contributed by atoms with Gasteiger partial charge < -0.3 is 14.6 Å². The number of methoxy groups -OCH3 is 2. The summed E-state index contributed by atoms with van der Waals surface area (Å²) in [6.07, 6.45) is 2.12. The lowest BCUT2D eigenvalue weighted by Crippen LogP contribution is -2.42. The molecule has 1 saturated carbocycles. The van der Waals surface area contributed by atoms with E-state index in [0.717, 1.165) is 12.0 Å². The van der Waals surface area contributed by atoms with Crippen LogP contribution in [0.25, 0.3) is 0 Å². The first-order valence-corrected chi connectivity index (χ1v) is 6.50. The summed E-state index contributed by atoms with van der Waals surface area (Å²) in [6, 6.07) is 1.82. The number of aryl methyl sites for hydroxylation is 1. The van der Waals surface area contributed by atoms with E-state index in [2.05, 4.69) is 0 Å². The van der Waals surface area contributed by atoms with Crippen LogP contribution >= 0.6 is 11.6 Å².